The van der Waals surface area contributed by atoms with Crippen molar-refractivity contribution in [2.45, 2.75) is 32.4 Å². The summed E-state index contributed by atoms with van der Waals surface area (Å²) in [5, 5.41) is 0.0738. The smallest absolute Gasteiger partial charge is 0.291 e. The molecule has 1 aromatic heterocycles. The number of unbranched alkanes of at least 4 members (excludes halogenated alkanes) is 1. The number of hydrogen-bond acceptors (Lipinski definition) is 4. The maximum absolute atomic E-state index is 13.9. The van der Waals surface area contributed by atoms with Crippen LogP contribution in [0.3, 0.4) is 0 Å². The van der Waals surface area contributed by atoms with E-state index in [2.05, 4.69) is 6.92 Å². The molecule has 0 saturated heterocycles. The normalized spacial score (nSPS) is 15.0. The summed E-state index contributed by atoms with van der Waals surface area (Å²) in [5.41, 5.74) is 1.23. The highest BCUT2D eigenvalue weighted by Crippen LogP contribution is 2.39. The number of hydrogen-bond donors (Lipinski definition) is 0. The second kappa shape index (κ2) is 9.33. The van der Waals surface area contributed by atoms with Crippen molar-refractivity contribution in [1.82, 2.24) is 4.90 Å². The molecule has 4 aromatic rings. The van der Waals surface area contributed by atoms with Crippen molar-refractivity contribution < 1.29 is 22.7 Å². The number of carbonyl (C=O) groups excluding carboxylic acids is 1. The second-order valence-electron chi connectivity index (χ2n) is 8.55. The van der Waals surface area contributed by atoms with Gasteiger partial charge < -0.3 is 14.1 Å². The van der Waals surface area contributed by atoms with Gasteiger partial charge >= 0.3 is 0 Å². The molecule has 1 atom stereocenters. The number of halogens is 2. The fourth-order valence-corrected chi connectivity index (χ4v) is 4.37. The summed E-state index contributed by atoms with van der Waals surface area (Å²) in [5.74, 6) is -0.789. The van der Waals surface area contributed by atoms with Crippen LogP contribution in [0.5, 0.6) is 5.75 Å². The number of ether oxygens (including phenoxy) is 1. The summed E-state index contributed by atoms with van der Waals surface area (Å²) in [6, 6.07) is 15.9. The van der Waals surface area contributed by atoms with E-state index >= 15 is 0 Å². The van der Waals surface area contributed by atoms with E-state index in [0.717, 1.165) is 18.9 Å². The first-order valence-corrected chi connectivity index (χ1v) is 11.5. The van der Waals surface area contributed by atoms with E-state index in [-0.39, 0.29) is 34.7 Å². The van der Waals surface area contributed by atoms with Gasteiger partial charge in [0.1, 0.15) is 23.0 Å². The summed E-state index contributed by atoms with van der Waals surface area (Å²) < 4.78 is 39.0. The molecule has 1 amide bonds. The van der Waals surface area contributed by atoms with Gasteiger partial charge in [-0.05, 0) is 60.0 Å². The van der Waals surface area contributed by atoms with Crippen LogP contribution in [0.15, 0.2) is 75.9 Å². The Bertz CT molecular complexity index is 1450. The van der Waals surface area contributed by atoms with Crippen LogP contribution in [-0.2, 0) is 6.54 Å². The third-order valence-electron chi connectivity index (χ3n) is 6.16. The minimum Gasteiger partial charge on any atom is -0.494 e. The number of carbonyl (C=O) groups is 1. The van der Waals surface area contributed by atoms with Crippen LogP contribution in [0.2, 0.25) is 0 Å². The molecule has 178 valence electrons. The molecule has 1 aliphatic rings. The summed E-state index contributed by atoms with van der Waals surface area (Å²) in [4.78, 5) is 28.5. The van der Waals surface area contributed by atoms with Crippen LogP contribution in [0.25, 0.3) is 11.0 Å². The number of fused-ring (bicyclic) bond motifs is 2. The molecule has 1 aliphatic heterocycles. The Labute approximate surface area is 200 Å². The van der Waals surface area contributed by atoms with E-state index in [9.17, 15) is 18.4 Å². The Morgan fingerprint density at radius 2 is 1.66 bits per heavy atom. The Morgan fingerprint density at radius 1 is 0.943 bits per heavy atom. The largest absolute Gasteiger partial charge is 0.494 e. The van der Waals surface area contributed by atoms with Crippen LogP contribution in [-0.4, -0.2) is 17.4 Å². The molecular weight excluding hydrogens is 452 g/mol. The maximum Gasteiger partial charge on any atom is 0.291 e. The molecular formula is C28H23F2NO4. The zero-order valence-electron chi connectivity index (χ0n) is 19.1. The fourth-order valence-electron chi connectivity index (χ4n) is 4.37. The predicted octanol–water partition coefficient (Wildman–Crippen LogP) is 6.00. The third-order valence-corrected chi connectivity index (χ3v) is 6.16. The van der Waals surface area contributed by atoms with Gasteiger partial charge in [0.05, 0.1) is 23.6 Å². The van der Waals surface area contributed by atoms with Crippen LogP contribution < -0.4 is 10.2 Å². The Kier molecular flexibility index (Phi) is 6.07. The standard InChI is InChI=1S/C28H23F2NO4/c1-2-3-14-34-21-11-6-18(7-12-21)25-24-26(32)22-15-20(30)10-13-23(22)35-27(24)28(33)31(25)16-17-4-8-19(29)9-5-17/h4-13,15,25H,2-3,14,16H2,1H3. The van der Waals surface area contributed by atoms with E-state index in [1.807, 2.05) is 0 Å². The van der Waals surface area contributed by atoms with Crippen molar-refractivity contribution in [3.8, 4) is 5.75 Å². The van der Waals surface area contributed by atoms with Gasteiger partial charge in [0.15, 0.2) is 5.43 Å². The first-order chi connectivity index (χ1) is 17.0. The zero-order chi connectivity index (χ0) is 24.5. The van der Waals surface area contributed by atoms with Crippen molar-refractivity contribution in [3.63, 3.8) is 0 Å². The lowest BCUT2D eigenvalue weighted by atomic mass is 9.98. The molecule has 7 heteroatoms. The number of rotatable bonds is 7. The summed E-state index contributed by atoms with van der Waals surface area (Å²) in [6.07, 6.45) is 1.95. The predicted molar refractivity (Wildman–Crippen MR) is 127 cm³/mol. The molecule has 0 radical (unpaired) electrons. The molecule has 35 heavy (non-hydrogen) atoms. The highest BCUT2D eigenvalue weighted by molar-refractivity contribution is 5.99. The quantitative estimate of drug-likeness (QED) is 0.308. The van der Waals surface area contributed by atoms with Gasteiger partial charge in [-0.25, -0.2) is 8.78 Å². The van der Waals surface area contributed by atoms with E-state index in [1.165, 1.54) is 29.2 Å². The minimum absolute atomic E-state index is 0.0653. The van der Waals surface area contributed by atoms with Gasteiger partial charge in [-0.3, -0.25) is 9.59 Å². The molecule has 0 fully saturated rings. The highest BCUT2D eigenvalue weighted by atomic mass is 19.1. The van der Waals surface area contributed by atoms with Gasteiger partial charge in [0.25, 0.3) is 5.91 Å². The molecule has 5 nitrogen and oxygen atoms in total. The summed E-state index contributed by atoms with van der Waals surface area (Å²) in [6.45, 7) is 2.81. The number of benzene rings is 3. The van der Waals surface area contributed by atoms with Gasteiger partial charge in [-0.15, -0.1) is 0 Å². The average Bonchev–Trinajstić information content (AvgIpc) is 3.13. The third kappa shape index (κ3) is 4.30. The Hall–Kier alpha value is -4.00. The van der Waals surface area contributed by atoms with Gasteiger partial charge in [-0.1, -0.05) is 37.6 Å². The molecule has 0 N–H and O–H groups in total. The van der Waals surface area contributed by atoms with Crippen molar-refractivity contribution in [2.24, 2.45) is 0 Å². The second-order valence-corrected chi connectivity index (χ2v) is 8.55. The Balaban J connectivity index is 1.61. The van der Waals surface area contributed by atoms with Crippen LogP contribution in [0, 0.1) is 11.6 Å². The Morgan fingerprint density at radius 3 is 2.37 bits per heavy atom. The molecule has 0 bridgehead atoms. The molecule has 1 unspecified atom stereocenters. The highest BCUT2D eigenvalue weighted by Gasteiger charge is 2.42. The van der Waals surface area contributed by atoms with Crippen molar-refractivity contribution in [2.75, 3.05) is 6.61 Å². The first-order valence-electron chi connectivity index (χ1n) is 11.5. The zero-order valence-corrected chi connectivity index (χ0v) is 19.1. The lowest BCUT2D eigenvalue weighted by Crippen LogP contribution is -2.29. The summed E-state index contributed by atoms with van der Waals surface area (Å²) in [7, 11) is 0. The molecule has 2 heterocycles. The number of nitrogens with zero attached hydrogens (tertiary/aromatic N) is 1. The topological polar surface area (TPSA) is 59.8 Å². The van der Waals surface area contributed by atoms with Crippen molar-refractivity contribution in [1.29, 1.82) is 0 Å². The lowest BCUT2D eigenvalue weighted by molar-refractivity contribution is 0.0714. The summed E-state index contributed by atoms with van der Waals surface area (Å²) >= 11 is 0. The van der Waals surface area contributed by atoms with Crippen LogP contribution in [0.4, 0.5) is 8.78 Å². The maximum atomic E-state index is 13.9. The molecule has 0 saturated carbocycles. The SMILES string of the molecule is CCCCOc1ccc(C2c3c(oc4ccc(F)cc4c3=O)C(=O)N2Cc2ccc(F)cc2)cc1. The minimum atomic E-state index is -0.754. The fraction of sp³-hybridized carbons (Fsp3) is 0.214. The van der Waals surface area contributed by atoms with Gasteiger partial charge in [0.2, 0.25) is 5.76 Å². The average molecular weight is 475 g/mol. The van der Waals surface area contributed by atoms with Crippen LogP contribution in [0.1, 0.15) is 53.1 Å². The molecule has 0 aliphatic carbocycles. The van der Waals surface area contributed by atoms with Gasteiger partial charge in [0, 0.05) is 6.54 Å². The molecule has 3 aromatic carbocycles. The van der Waals surface area contributed by atoms with E-state index in [0.29, 0.717) is 23.5 Å². The van der Waals surface area contributed by atoms with Crippen molar-refractivity contribution >= 4 is 16.9 Å². The van der Waals surface area contributed by atoms with Crippen LogP contribution >= 0.6 is 0 Å². The molecule has 5 rings (SSSR count). The first kappa shape index (κ1) is 22.8. The lowest BCUT2D eigenvalue weighted by Gasteiger charge is -2.25. The molecule has 0 spiro atoms. The van der Waals surface area contributed by atoms with E-state index in [1.54, 1.807) is 36.4 Å². The van der Waals surface area contributed by atoms with E-state index < -0.39 is 23.2 Å². The van der Waals surface area contributed by atoms with Crippen molar-refractivity contribution in [3.05, 3.63) is 111 Å². The number of amides is 1. The monoisotopic (exact) mass is 475 g/mol. The van der Waals surface area contributed by atoms with E-state index in [4.69, 9.17) is 9.15 Å². The van der Waals surface area contributed by atoms with Gasteiger partial charge in [-0.2, -0.15) is 0 Å².